The number of nitrogens with zero attached hydrogens (tertiary/aromatic N) is 4. The van der Waals surface area contributed by atoms with E-state index >= 15 is 0 Å². The third-order valence-electron chi connectivity index (χ3n) is 6.76. The molecule has 1 saturated carbocycles. The maximum Gasteiger partial charge on any atom is 0.423 e. The Hall–Kier alpha value is -6.12. The molecule has 1 aromatic carbocycles. The third kappa shape index (κ3) is 7.10. The first-order chi connectivity index (χ1) is 21.8. The van der Waals surface area contributed by atoms with Gasteiger partial charge < -0.3 is 29.6 Å². The predicted octanol–water partition coefficient (Wildman–Crippen LogP) is 3.97. The molecule has 45 heavy (non-hydrogen) atoms. The minimum Gasteiger partial charge on any atom is -0.424 e. The predicted molar refractivity (Wildman–Crippen MR) is 160 cm³/mol. The molecule has 4 N–H and O–H groups in total. The molecule has 0 spiro atoms. The molecule has 0 unspecified atom stereocenters. The number of carbonyl (C=O) groups is 4. The first-order valence-corrected chi connectivity index (χ1v) is 13.7. The van der Waals surface area contributed by atoms with E-state index in [0.717, 1.165) is 24.1 Å². The van der Waals surface area contributed by atoms with E-state index in [2.05, 4.69) is 30.8 Å². The van der Waals surface area contributed by atoms with Gasteiger partial charge in [0.05, 0.1) is 22.5 Å². The second-order valence-electron chi connectivity index (χ2n) is 9.91. The highest BCUT2D eigenvalue weighted by atomic mass is 16.7. The summed E-state index contributed by atoms with van der Waals surface area (Å²) >= 11 is 0. The van der Waals surface area contributed by atoms with Crippen LogP contribution in [0.2, 0.25) is 0 Å². The molecule has 0 radical (unpaired) electrons. The van der Waals surface area contributed by atoms with E-state index < -0.39 is 24.8 Å². The summed E-state index contributed by atoms with van der Waals surface area (Å²) < 4.78 is 15.2. The van der Waals surface area contributed by atoms with Crippen molar-refractivity contribution in [1.29, 1.82) is 5.41 Å². The number of anilines is 2. The fourth-order valence-corrected chi connectivity index (χ4v) is 4.27. The Labute approximate surface area is 256 Å². The molecule has 5 rings (SSSR count). The number of pyridine rings is 1. The number of H-pyrrole nitrogens is 1. The van der Waals surface area contributed by atoms with Crippen LogP contribution in [0.1, 0.15) is 60.7 Å². The number of rotatable bonds is 10. The Balaban J connectivity index is 1.49. The minimum absolute atomic E-state index is 0.111. The van der Waals surface area contributed by atoms with Gasteiger partial charge in [0.1, 0.15) is 12.6 Å². The van der Waals surface area contributed by atoms with Crippen molar-refractivity contribution >= 4 is 47.6 Å². The Bertz CT molecular complexity index is 1760. The van der Waals surface area contributed by atoms with Gasteiger partial charge in [0, 0.05) is 36.3 Å². The van der Waals surface area contributed by atoms with Gasteiger partial charge in [-0.15, -0.1) is 0 Å². The molecule has 0 bridgehead atoms. The van der Waals surface area contributed by atoms with Crippen molar-refractivity contribution in [3.63, 3.8) is 0 Å². The summed E-state index contributed by atoms with van der Waals surface area (Å²) in [5.74, 6) is -1.56. The number of nitrogens with one attached hydrogen (secondary N) is 4. The Morgan fingerprint density at radius 3 is 2.64 bits per heavy atom. The minimum atomic E-state index is -1.05. The highest BCUT2D eigenvalue weighted by Crippen LogP contribution is 2.28. The second-order valence-corrected chi connectivity index (χ2v) is 9.91. The standard InChI is InChI=1S/C30H28N8O7/c1-17-5-6-19(27(39)36-24-9-11-45-37-24)12-23(17)38(30(42)44-16-43-29(41)20-4-3-10-32-13-20)26(34-15-31)25-18(2)22(14-33-25)28(40)35-21-7-8-21/h3-6,9-15,21,31,33H,7-8,16H2,1-2H3,(H,35,40)(H,36,37,39). The molecular formula is C30H28N8O7. The van der Waals surface area contributed by atoms with Crippen LogP contribution in [0.25, 0.3) is 0 Å². The molecule has 0 atom stereocenters. The SMILES string of the molecule is Cc1ccc(C(=O)Nc2ccon2)cc1N(C(=O)OCOC(=O)c1cccnc1)C(=NC=N)c1[nH]cc(C(=O)NC2CC2)c1C. The second kappa shape index (κ2) is 13.5. The number of benzene rings is 1. The molecule has 15 nitrogen and oxygen atoms in total. The molecule has 15 heteroatoms. The number of esters is 1. The van der Waals surface area contributed by atoms with E-state index in [0.29, 0.717) is 16.7 Å². The fraction of sp³-hybridized carbons (Fsp3) is 0.200. The van der Waals surface area contributed by atoms with Gasteiger partial charge >= 0.3 is 12.1 Å². The number of amides is 3. The van der Waals surface area contributed by atoms with Crippen LogP contribution < -0.4 is 15.5 Å². The molecule has 3 aromatic heterocycles. The van der Waals surface area contributed by atoms with Crippen molar-refractivity contribution in [2.24, 2.45) is 4.99 Å². The lowest BCUT2D eigenvalue weighted by Crippen LogP contribution is -2.40. The van der Waals surface area contributed by atoms with Gasteiger partial charge in [-0.25, -0.2) is 19.5 Å². The van der Waals surface area contributed by atoms with Crippen molar-refractivity contribution in [3.8, 4) is 0 Å². The Morgan fingerprint density at radius 2 is 1.96 bits per heavy atom. The van der Waals surface area contributed by atoms with Crippen molar-refractivity contribution in [2.45, 2.75) is 32.7 Å². The van der Waals surface area contributed by atoms with Gasteiger partial charge in [0.25, 0.3) is 11.8 Å². The van der Waals surface area contributed by atoms with Gasteiger partial charge in [-0.2, -0.15) is 0 Å². The molecule has 230 valence electrons. The molecule has 1 aliphatic rings. The molecule has 1 aliphatic carbocycles. The fourth-order valence-electron chi connectivity index (χ4n) is 4.27. The summed E-state index contributed by atoms with van der Waals surface area (Å²) in [5.41, 5.74) is 1.98. The van der Waals surface area contributed by atoms with Gasteiger partial charge in [-0.1, -0.05) is 11.2 Å². The Kier molecular flexibility index (Phi) is 9.07. The zero-order valence-corrected chi connectivity index (χ0v) is 24.2. The first kappa shape index (κ1) is 30.3. The van der Waals surface area contributed by atoms with Crippen LogP contribution in [-0.2, 0) is 9.47 Å². The monoisotopic (exact) mass is 612 g/mol. The topological polar surface area (TPSA) is 205 Å². The summed E-state index contributed by atoms with van der Waals surface area (Å²) in [7, 11) is 0. The van der Waals surface area contributed by atoms with Crippen LogP contribution in [0.3, 0.4) is 0 Å². The van der Waals surface area contributed by atoms with Crippen LogP contribution in [0.5, 0.6) is 0 Å². The van der Waals surface area contributed by atoms with Crippen LogP contribution in [0, 0.1) is 19.3 Å². The highest BCUT2D eigenvalue weighted by molar-refractivity contribution is 6.24. The number of aromatic nitrogens is 3. The van der Waals surface area contributed by atoms with E-state index in [9.17, 15) is 19.2 Å². The Morgan fingerprint density at radius 1 is 1.13 bits per heavy atom. The van der Waals surface area contributed by atoms with Crippen LogP contribution in [0.15, 0.2) is 70.8 Å². The molecule has 3 heterocycles. The van der Waals surface area contributed by atoms with Gasteiger partial charge in [-0.3, -0.25) is 20.0 Å². The van der Waals surface area contributed by atoms with Gasteiger partial charge in [-0.05, 0) is 62.1 Å². The molecular weight excluding hydrogens is 584 g/mol. The van der Waals surface area contributed by atoms with Crippen molar-refractivity contribution in [1.82, 2.24) is 20.4 Å². The van der Waals surface area contributed by atoms with Crippen LogP contribution >= 0.6 is 0 Å². The molecule has 1 fully saturated rings. The number of ether oxygens (including phenoxy) is 2. The lowest BCUT2D eigenvalue weighted by Gasteiger charge is -2.25. The van der Waals surface area contributed by atoms with Crippen LogP contribution in [0.4, 0.5) is 16.3 Å². The van der Waals surface area contributed by atoms with E-state index in [1.54, 1.807) is 32.0 Å². The summed E-state index contributed by atoms with van der Waals surface area (Å²) in [4.78, 5) is 64.1. The van der Waals surface area contributed by atoms with E-state index in [4.69, 9.17) is 19.4 Å². The lowest BCUT2D eigenvalue weighted by molar-refractivity contribution is 0.0000606. The summed E-state index contributed by atoms with van der Waals surface area (Å²) in [6.45, 7) is 2.58. The molecule has 4 aromatic rings. The summed E-state index contributed by atoms with van der Waals surface area (Å²) in [6, 6.07) is 9.18. The highest BCUT2D eigenvalue weighted by Gasteiger charge is 2.31. The summed E-state index contributed by atoms with van der Waals surface area (Å²) in [5, 5.41) is 17.0. The number of hydrogen-bond acceptors (Lipinski definition) is 10. The van der Waals surface area contributed by atoms with Gasteiger partial charge in [0.15, 0.2) is 11.7 Å². The average molecular weight is 613 g/mol. The lowest BCUT2D eigenvalue weighted by atomic mass is 10.1. The molecule has 0 saturated heterocycles. The maximum absolute atomic E-state index is 13.8. The largest absolute Gasteiger partial charge is 0.424 e. The third-order valence-corrected chi connectivity index (χ3v) is 6.76. The number of aromatic amines is 1. The first-order valence-electron chi connectivity index (χ1n) is 13.7. The average Bonchev–Trinajstić information content (AvgIpc) is 3.54. The number of hydrogen-bond donors (Lipinski definition) is 4. The number of carbonyl (C=O) groups excluding carboxylic acids is 4. The van der Waals surface area contributed by atoms with Crippen molar-refractivity contribution < 1.29 is 33.2 Å². The van der Waals surface area contributed by atoms with Crippen molar-refractivity contribution in [3.05, 3.63) is 94.8 Å². The molecule has 0 aliphatic heterocycles. The smallest absolute Gasteiger partial charge is 0.423 e. The van der Waals surface area contributed by atoms with E-state index in [1.807, 2.05) is 0 Å². The van der Waals surface area contributed by atoms with Crippen molar-refractivity contribution in [2.75, 3.05) is 17.0 Å². The van der Waals surface area contributed by atoms with Gasteiger partial charge in [0.2, 0.25) is 6.79 Å². The number of aliphatic imine (C=N–C) groups is 1. The zero-order chi connectivity index (χ0) is 31.9. The molecule has 3 amide bonds. The van der Waals surface area contributed by atoms with E-state index in [1.165, 1.54) is 43.1 Å². The normalized spacial score (nSPS) is 12.6. The maximum atomic E-state index is 13.8. The van der Waals surface area contributed by atoms with E-state index in [-0.39, 0.29) is 46.1 Å². The summed E-state index contributed by atoms with van der Waals surface area (Å²) in [6.07, 6.45) is 7.03. The quantitative estimate of drug-likeness (QED) is 0.0883. The number of amidine groups is 1. The number of aryl methyl sites for hydroxylation is 1. The zero-order valence-electron chi connectivity index (χ0n) is 24.2. The van der Waals surface area contributed by atoms with Crippen LogP contribution in [-0.4, -0.2) is 64.0 Å².